The number of hydrogen-bond acceptors (Lipinski definition) is 5. The predicted molar refractivity (Wildman–Crippen MR) is 99.3 cm³/mol. The van der Waals surface area contributed by atoms with Crippen LogP contribution in [-0.4, -0.2) is 60.9 Å². The summed E-state index contributed by atoms with van der Waals surface area (Å²) in [7, 11) is 0. The largest absolute Gasteiger partial charge is 0.463 e. The number of nitrogens with zero attached hydrogens (tertiary/aromatic N) is 2. The van der Waals surface area contributed by atoms with E-state index in [2.05, 4.69) is 5.32 Å². The molecular weight excluding hydrogens is 362 g/mol. The maximum atomic E-state index is 12.6. The van der Waals surface area contributed by atoms with E-state index in [0.29, 0.717) is 37.0 Å². The van der Waals surface area contributed by atoms with Crippen LogP contribution in [-0.2, 0) is 4.79 Å². The van der Waals surface area contributed by atoms with Crippen molar-refractivity contribution in [2.24, 2.45) is 11.8 Å². The molecule has 2 aliphatic heterocycles. The number of nitrogens with one attached hydrogen (secondary N) is 1. The Hall–Kier alpha value is -1.57. The Kier molecular flexibility index (Phi) is 5.36. The first-order valence-electron chi connectivity index (χ1n) is 8.39. The molecule has 2 aliphatic rings. The van der Waals surface area contributed by atoms with Gasteiger partial charge in [0.1, 0.15) is 5.58 Å². The molecule has 0 saturated carbocycles. The van der Waals surface area contributed by atoms with Crippen LogP contribution in [0.25, 0.3) is 10.3 Å². The number of carbonyl (C=O) groups excluding carboxylic acids is 2. The van der Waals surface area contributed by atoms with Crippen LogP contribution in [0.4, 0.5) is 0 Å². The number of halogens is 1. The average Bonchev–Trinajstić information content (AvgIpc) is 3.13. The Morgan fingerprint density at radius 1 is 1.24 bits per heavy atom. The summed E-state index contributed by atoms with van der Waals surface area (Å²) in [5, 5.41) is 3.22. The molecule has 1 N–H and O–H groups in total. The molecule has 0 aromatic carbocycles. The van der Waals surface area contributed by atoms with Gasteiger partial charge in [0.25, 0.3) is 5.91 Å². The average molecular weight is 384 g/mol. The lowest BCUT2D eigenvalue weighted by Crippen LogP contribution is -2.55. The van der Waals surface area contributed by atoms with E-state index in [1.807, 2.05) is 28.9 Å². The molecule has 2 fully saturated rings. The minimum Gasteiger partial charge on any atom is -0.463 e. The molecule has 4 heterocycles. The van der Waals surface area contributed by atoms with Gasteiger partial charge in [0.05, 0.1) is 15.8 Å². The molecule has 2 saturated heterocycles. The Bertz CT molecular complexity index is 734. The van der Waals surface area contributed by atoms with Crippen molar-refractivity contribution in [2.75, 3.05) is 39.3 Å². The molecule has 4 rings (SSSR count). The van der Waals surface area contributed by atoms with Gasteiger partial charge in [-0.3, -0.25) is 9.59 Å². The Balaban J connectivity index is 0.00000182. The van der Waals surface area contributed by atoms with E-state index in [9.17, 15) is 9.59 Å². The van der Waals surface area contributed by atoms with Gasteiger partial charge >= 0.3 is 0 Å². The van der Waals surface area contributed by atoms with Crippen molar-refractivity contribution in [2.45, 2.75) is 6.92 Å². The lowest BCUT2D eigenvalue weighted by atomic mass is 9.88. The smallest absolute Gasteiger partial charge is 0.264 e. The van der Waals surface area contributed by atoms with Gasteiger partial charge in [0, 0.05) is 38.2 Å². The second-order valence-corrected chi connectivity index (χ2v) is 7.67. The van der Waals surface area contributed by atoms with Crippen molar-refractivity contribution < 1.29 is 14.0 Å². The Morgan fingerprint density at radius 2 is 1.92 bits per heavy atom. The predicted octanol–water partition coefficient (Wildman–Crippen LogP) is 2.06. The highest BCUT2D eigenvalue weighted by Crippen LogP contribution is 2.28. The highest BCUT2D eigenvalue weighted by Gasteiger charge is 2.33. The topological polar surface area (TPSA) is 65.8 Å². The number of piperazine rings is 1. The zero-order valence-corrected chi connectivity index (χ0v) is 15.7. The molecule has 2 aromatic rings. The molecule has 8 heteroatoms. The second kappa shape index (κ2) is 7.35. The van der Waals surface area contributed by atoms with Gasteiger partial charge in [-0.05, 0) is 25.1 Å². The molecule has 136 valence electrons. The van der Waals surface area contributed by atoms with Crippen molar-refractivity contribution in [1.82, 2.24) is 15.1 Å². The maximum absolute atomic E-state index is 12.6. The van der Waals surface area contributed by atoms with Crippen molar-refractivity contribution in [3.63, 3.8) is 0 Å². The van der Waals surface area contributed by atoms with Gasteiger partial charge < -0.3 is 19.5 Å². The van der Waals surface area contributed by atoms with E-state index >= 15 is 0 Å². The number of amides is 2. The molecule has 1 atom stereocenters. The Labute approximate surface area is 156 Å². The Morgan fingerprint density at radius 3 is 2.52 bits per heavy atom. The molecule has 6 nitrogen and oxygen atoms in total. The van der Waals surface area contributed by atoms with Gasteiger partial charge in [0.2, 0.25) is 5.91 Å². The summed E-state index contributed by atoms with van der Waals surface area (Å²) < 4.78 is 6.33. The number of rotatable bonds is 3. The van der Waals surface area contributed by atoms with E-state index < -0.39 is 0 Å². The minimum absolute atomic E-state index is 0. The first-order valence-corrected chi connectivity index (χ1v) is 9.21. The van der Waals surface area contributed by atoms with E-state index in [4.69, 9.17) is 4.42 Å². The number of furan rings is 1. The minimum atomic E-state index is 0. The summed E-state index contributed by atoms with van der Waals surface area (Å²) in [5.41, 5.74) is 0.764. The summed E-state index contributed by atoms with van der Waals surface area (Å²) in [5.74, 6) is 0.786. The maximum Gasteiger partial charge on any atom is 0.264 e. The third kappa shape index (κ3) is 3.41. The lowest BCUT2D eigenvalue weighted by molar-refractivity contribution is -0.138. The highest BCUT2D eigenvalue weighted by molar-refractivity contribution is 7.20. The number of hydrogen-bond donors (Lipinski definition) is 1. The van der Waals surface area contributed by atoms with Crippen LogP contribution < -0.4 is 5.32 Å². The lowest BCUT2D eigenvalue weighted by Gasteiger charge is -2.39. The van der Waals surface area contributed by atoms with Crippen LogP contribution in [0, 0.1) is 11.8 Å². The summed E-state index contributed by atoms with van der Waals surface area (Å²) in [4.78, 5) is 29.6. The first-order chi connectivity index (χ1) is 11.6. The van der Waals surface area contributed by atoms with Crippen LogP contribution >= 0.6 is 23.7 Å². The fourth-order valence-electron chi connectivity index (χ4n) is 3.31. The third-order valence-corrected chi connectivity index (χ3v) is 6.21. The van der Waals surface area contributed by atoms with E-state index in [1.54, 1.807) is 6.26 Å². The first kappa shape index (κ1) is 18.2. The molecule has 2 amide bonds. The second-order valence-electron chi connectivity index (χ2n) is 6.58. The fourth-order valence-corrected chi connectivity index (χ4v) is 4.26. The third-order valence-electron chi connectivity index (χ3n) is 5.14. The molecule has 25 heavy (non-hydrogen) atoms. The molecule has 0 radical (unpaired) electrons. The van der Waals surface area contributed by atoms with E-state index in [1.165, 1.54) is 11.3 Å². The molecule has 1 unspecified atom stereocenters. The standard InChI is InChI=1S/C17H21N3O3S.ClH/c1-11(12-9-18-10-12)16(21)19-3-5-20(6-4-19)17(22)15-8-13-14(24-15)2-7-23-13;/h2,7-8,11-12,18H,3-6,9-10H2,1H3;1H. The zero-order chi connectivity index (χ0) is 16.7. The summed E-state index contributed by atoms with van der Waals surface area (Å²) in [6.07, 6.45) is 1.64. The van der Waals surface area contributed by atoms with Gasteiger partial charge in [-0.2, -0.15) is 0 Å². The van der Waals surface area contributed by atoms with Crippen LogP contribution in [0.1, 0.15) is 16.6 Å². The normalized spacial score (nSPS) is 19.4. The van der Waals surface area contributed by atoms with Crippen LogP contribution in [0.3, 0.4) is 0 Å². The van der Waals surface area contributed by atoms with Gasteiger partial charge in [0.15, 0.2) is 0 Å². The summed E-state index contributed by atoms with van der Waals surface area (Å²) in [6, 6.07) is 3.69. The quantitative estimate of drug-likeness (QED) is 0.881. The summed E-state index contributed by atoms with van der Waals surface area (Å²) in [6.45, 7) is 6.33. The molecule has 0 bridgehead atoms. The van der Waals surface area contributed by atoms with Gasteiger partial charge in [-0.1, -0.05) is 6.92 Å². The number of fused-ring (bicyclic) bond motifs is 1. The summed E-state index contributed by atoms with van der Waals surface area (Å²) >= 11 is 1.46. The molecule has 0 aliphatic carbocycles. The van der Waals surface area contributed by atoms with Crippen molar-refractivity contribution in [3.8, 4) is 0 Å². The SMILES string of the molecule is CC(C(=O)N1CCN(C(=O)c2cc3occc3s2)CC1)C1CNC1.Cl. The number of thiophene rings is 1. The molecular formula is C17H22ClN3O3S. The monoisotopic (exact) mass is 383 g/mol. The van der Waals surface area contributed by atoms with E-state index in [-0.39, 0.29) is 30.1 Å². The van der Waals surface area contributed by atoms with Gasteiger partial charge in [-0.15, -0.1) is 23.7 Å². The zero-order valence-electron chi connectivity index (χ0n) is 14.1. The van der Waals surface area contributed by atoms with E-state index in [0.717, 1.165) is 23.4 Å². The van der Waals surface area contributed by atoms with Gasteiger partial charge in [-0.25, -0.2) is 0 Å². The van der Waals surface area contributed by atoms with Crippen LogP contribution in [0.2, 0.25) is 0 Å². The van der Waals surface area contributed by atoms with Crippen molar-refractivity contribution in [3.05, 3.63) is 23.3 Å². The molecule has 2 aromatic heterocycles. The number of carbonyl (C=O) groups is 2. The van der Waals surface area contributed by atoms with Crippen molar-refractivity contribution >= 4 is 45.8 Å². The van der Waals surface area contributed by atoms with Crippen molar-refractivity contribution in [1.29, 1.82) is 0 Å². The van der Waals surface area contributed by atoms with Crippen LogP contribution in [0.15, 0.2) is 22.8 Å². The van der Waals surface area contributed by atoms with Crippen LogP contribution in [0.5, 0.6) is 0 Å². The fraction of sp³-hybridized carbons (Fsp3) is 0.529. The highest BCUT2D eigenvalue weighted by atomic mass is 35.5. The molecule has 0 spiro atoms.